The van der Waals surface area contributed by atoms with Crippen LogP contribution in [0.25, 0.3) is 5.65 Å². The fraction of sp³-hybridized carbons (Fsp3) is 0.562. The summed E-state index contributed by atoms with van der Waals surface area (Å²) in [5.41, 5.74) is 0.567. The first-order valence-electron chi connectivity index (χ1n) is 8.07. The zero-order valence-electron chi connectivity index (χ0n) is 13.1. The number of hydrogen-bond donors (Lipinski definition) is 2. The zero-order valence-corrected chi connectivity index (χ0v) is 13.1. The summed E-state index contributed by atoms with van der Waals surface area (Å²) in [4.78, 5) is 31.0. The van der Waals surface area contributed by atoms with Crippen molar-refractivity contribution < 1.29 is 9.90 Å². The summed E-state index contributed by atoms with van der Waals surface area (Å²) in [5, 5.41) is 13.1. The third kappa shape index (κ3) is 2.35. The molecule has 23 heavy (non-hydrogen) atoms. The highest BCUT2D eigenvalue weighted by Gasteiger charge is 2.48. The topological polar surface area (TPSA) is 90.7 Å². The molecule has 122 valence electrons. The van der Waals surface area contributed by atoms with Crippen LogP contribution in [-0.2, 0) is 0 Å². The summed E-state index contributed by atoms with van der Waals surface area (Å²) in [7, 11) is 0. The average molecular weight is 316 g/mol. The van der Waals surface area contributed by atoms with Gasteiger partial charge in [0, 0.05) is 31.0 Å². The molecule has 2 aliphatic rings. The van der Waals surface area contributed by atoms with Crippen LogP contribution in [0.1, 0.15) is 41.7 Å². The molecular formula is C16H20N4O3. The number of hydrogen-bond acceptors (Lipinski definition) is 4. The van der Waals surface area contributed by atoms with E-state index in [0.717, 1.165) is 31.4 Å². The number of H-pyrrole nitrogens is 1. The Morgan fingerprint density at radius 2 is 2.09 bits per heavy atom. The number of piperidine rings is 1. The van der Waals surface area contributed by atoms with Gasteiger partial charge in [-0.05, 0) is 38.5 Å². The fourth-order valence-electron chi connectivity index (χ4n) is 3.55. The first-order chi connectivity index (χ1) is 11.0. The second kappa shape index (κ2) is 4.92. The summed E-state index contributed by atoms with van der Waals surface area (Å²) < 4.78 is 1.31. The second-order valence-electron chi connectivity index (χ2n) is 6.78. The van der Waals surface area contributed by atoms with E-state index in [4.69, 9.17) is 0 Å². The molecule has 1 amide bonds. The number of fused-ring (bicyclic) bond motifs is 1. The van der Waals surface area contributed by atoms with Gasteiger partial charge in [0.15, 0.2) is 5.65 Å². The number of nitrogens with zero attached hydrogens (tertiary/aromatic N) is 3. The smallest absolute Gasteiger partial charge is 0.285 e. The van der Waals surface area contributed by atoms with Crippen molar-refractivity contribution in [2.24, 2.45) is 5.92 Å². The summed E-state index contributed by atoms with van der Waals surface area (Å²) >= 11 is 0. The maximum atomic E-state index is 12.6. The van der Waals surface area contributed by atoms with Crippen LogP contribution in [-0.4, -0.2) is 49.2 Å². The normalized spacial score (nSPS) is 20.9. The summed E-state index contributed by atoms with van der Waals surface area (Å²) in [5.74, 6) is 0.00435. The molecule has 0 unspecified atom stereocenters. The van der Waals surface area contributed by atoms with Gasteiger partial charge in [-0.25, -0.2) is 9.50 Å². The van der Waals surface area contributed by atoms with E-state index >= 15 is 0 Å². The molecule has 0 atom stereocenters. The van der Waals surface area contributed by atoms with Crippen LogP contribution in [0, 0.1) is 12.8 Å². The molecule has 1 saturated heterocycles. The molecule has 7 nitrogen and oxygen atoms in total. The van der Waals surface area contributed by atoms with Gasteiger partial charge in [0.05, 0.1) is 5.60 Å². The maximum absolute atomic E-state index is 12.6. The molecular weight excluding hydrogens is 296 g/mol. The molecule has 2 N–H and O–H groups in total. The molecule has 0 spiro atoms. The van der Waals surface area contributed by atoms with Crippen molar-refractivity contribution in [3.63, 3.8) is 0 Å². The van der Waals surface area contributed by atoms with Gasteiger partial charge in [0.1, 0.15) is 5.56 Å². The Balaban J connectivity index is 1.55. The van der Waals surface area contributed by atoms with E-state index in [9.17, 15) is 14.7 Å². The van der Waals surface area contributed by atoms with E-state index in [1.807, 2.05) is 6.92 Å². The van der Waals surface area contributed by atoms with Crippen molar-refractivity contribution in [3.8, 4) is 0 Å². The molecule has 1 aliphatic heterocycles. The summed E-state index contributed by atoms with van der Waals surface area (Å²) in [6.07, 6.45) is 4.70. The van der Waals surface area contributed by atoms with Crippen LogP contribution in [0.2, 0.25) is 0 Å². The quantitative estimate of drug-likeness (QED) is 0.853. The lowest BCUT2D eigenvalue weighted by Gasteiger charge is -2.34. The van der Waals surface area contributed by atoms with Gasteiger partial charge >= 0.3 is 0 Å². The van der Waals surface area contributed by atoms with E-state index in [-0.39, 0.29) is 22.9 Å². The lowest BCUT2D eigenvalue weighted by Crippen LogP contribution is -2.43. The highest BCUT2D eigenvalue weighted by atomic mass is 16.3. The maximum Gasteiger partial charge on any atom is 0.285 e. The van der Waals surface area contributed by atoms with Crippen LogP contribution >= 0.6 is 0 Å². The van der Waals surface area contributed by atoms with Gasteiger partial charge < -0.3 is 10.0 Å². The average Bonchev–Trinajstić information content (AvgIpc) is 3.17. The first-order valence-corrected chi connectivity index (χ1v) is 8.07. The Morgan fingerprint density at radius 3 is 2.74 bits per heavy atom. The molecule has 2 aromatic rings. The molecule has 1 aliphatic carbocycles. The van der Waals surface area contributed by atoms with Crippen molar-refractivity contribution in [1.29, 1.82) is 0 Å². The minimum Gasteiger partial charge on any atom is -0.390 e. The number of nitrogens with one attached hydrogen (secondary N) is 1. The number of rotatable bonds is 2. The van der Waals surface area contributed by atoms with Crippen LogP contribution in [0.3, 0.4) is 0 Å². The number of carbonyl (C=O) groups is 1. The van der Waals surface area contributed by atoms with Gasteiger partial charge in [-0.2, -0.15) is 0 Å². The van der Waals surface area contributed by atoms with E-state index in [1.165, 1.54) is 10.7 Å². The van der Waals surface area contributed by atoms with E-state index in [1.54, 1.807) is 11.0 Å². The number of carbonyl (C=O) groups excluding carboxylic acids is 1. The third-order valence-corrected chi connectivity index (χ3v) is 5.16. The second-order valence-corrected chi connectivity index (χ2v) is 6.78. The molecule has 0 aromatic carbocycles. The predicted octanol–water partition coefficient (Wildman–Crippen LogP) is 0.708. The number of aromatic amines is 1. The molecule has 1 saturated carbocycles. The standard InChI is InChI=1S/C16H20N4O3/c1-10-8-13-17-9-12(15(22)20(13)18-10)14(21)19-6-2-11(3-7-19)16(23)4-5-16/h8-9,11,18,23H,2-7H2,1H3. The zero-order chi connectivity index (χ0) is 16.2. The van der Waals surface area contributed by atoms with Crippen molar-refractivity contribution in [2.75, 3.05) is 13.1 Å². The van der Waals surface area contributed by atoms with E-state index < -0.39 is 5.60 Å². The molecule has 0 bridgehead atoms. The molecule has 2 fully saturated rings. The summed E-state index contributed by atoms with van der Waals surface area (Å²) in [6.45, 7) is 3.00. The Labute approximate surface area is 132 Å². The van der Waals surface area contributed by atoms with E-state index in [2.05, 4.69) is 10.1 Å². The lowest BCUT2D eigenvalue weighted by atomic mass is 9.89. The van der Waals surface area contributed by atoms with Crippen LogP contribution in [0.5, 0.6) is 0 Å². The largest absolute Gasteiger partial charge is 0.390 e. The SMILES string of the molecule is Cc1cc2ncc(C(=O)N3CCC(C4(O)CC4)CC3)c(=O)n2[nH]1. The first kappa shape index (κ1) is 14.4. The Hall–Kier alpha value is -2.15. The fourth-order valence-corrected chi connectivity index (χ4v) is 3.55. The van der Waals surface area contributed by atoms with Crippen molar-refractivity contribution in [3.05, 3.63) is 33.9 Å². The molecule has 3 heterocycles. The molecule has 7 heteroatoms. The van der Waals surface area contributed by atoms with Crippen LogP contribution in [0.15, 0.2) is 17.1 Å². The number of aliphatic hydroxyl groups is 1. The van der Waals surface area contributed by atoms with Gasteiger partial charge in [-0.3, -0.25) is 14.7 Å². The van der Waals surface area contributed by atoms with Crippen LogP contribution in [0.4, 0.5) is 0 Å². The number of aryl methyl sites for hydroxylation is 1. The van der Waals surface area contributed by atoms with Gasteiger partial charge in [-0.1, -0.05) is 0 Å². The predicted molar refractivity (Wildman–Crippen MR) is 83.4 cm³/mol. The number of amides is 1. The van der Waals surface area contributed by atoms with Gasteiger partial charge in [0.2, 0.25) is 0 Å². The molecule has 0 radical (unpaired) electrons. The molecule has 4 rings (SSSR count). The highest BCUT2D eigenvalue weighted by molar-refractivity contribution is 5.93. The van der Waals surface area contributed by atoms with Crippen molar-refractivity contribution in [2.45, 2.75) is 38.2 Å². The summed E-state index contributed by atoms with van der Waals surface area (Å²) in [6, 6.07) is 1.76. The number of likely N-dealkylation sites (tertiary alicyclic amines) is 1. The van der Waals surface area contributed by atoms with E-state index in [0.29, 0.717) is 18.7 Å². The monoisotopic (exact) mass is 316 g/mol. The Bertz CT molecular complexity index is 825. The molecule has 2 aromatic heterocycles. The van der Waals surface area contributed by atoms with Crippen molar-refractivity contribution in [1.82, 2.24) is 19.5 Å². The highest BCUT2D eigenvalue weighted by Crippen LogP contribution is 2.46. The van der Waals surface area contributed by atoms with Gasteiger partial charge in [-0.15, -0.1) is 0 Å². The van der Waals surface area contributed by atoms with Crippen LogP contribution < -0.4 is 5.56 Å². The third-order valence-electron chi connectivity index (χ3n) is 5.16. The van der Waals surface area contributed by atoms with Gasteiger partial charge in [0.25, 0.3) is 11.5 Å². The Kier molecular flexibility index (Phi) is 3.09. The minimum atomic E-state index is -0.489. The number of aromatic nitrogens is 3. The lowest BCUT2D eigenvalue weighted by molar-refractivity contribution is 0.0339. The minimum absolute atomic E-state index is 0.0907. The Morgan fingerprint density at radius 1 is 1.39 bits per heavy atom. The van der Waals surface area contributed by atoms with Crippen molar-refractivity contribution >= 4 is 11.6 Å².